The molecule has 1 heterocycles. The largest absolute Gasteiger partial charge is 0.382 e. The summed E-state index contributed by atoms with van der Waals surface area (Å²) in [6.07, 6.45) is 1.91. The summed E-state index contributed by atoms with van der Waals surface area (Å²) in [6, 6.07) is 0. The summed E-state index contributed by atoms with van der Waals surface area (Å²) < 4.78 is 0. The van der Waals surface area contributed by atoms with Gasteiger partial charge < -0.3 is 21.7 Å². The van der Waals surface area contributed by atoms with Gasteiger partial charge in [0.05, 0.1) is 0 Å². The van der Waals surface area contributed by atoms with E-state index in [2.05, 4.69) is 34.8 Å². The van der Waals surface area contributed by atoms with E-state index in [9.17, 15) is 4.79 Å². The molecule has 6 nitrogen and oxygen atoms in total. The van der Waals surface area contributed by atoms with E-state index in [1.165, 1.54) is 11.3 Å². The standard InChI is InChI=1S/C12H23N5OS/c1-3-6-16-12-17-10(13)9(19-12)11(18)15-8-5-7-14-4-2/h14H,3-8,13H2,1-2H3,(H,15,18)(H,16,17). The van der Waals surface area contributed by atoms with Crippen LogP contribution < -0.4 is 21.7 Å². The van der Waals surface area contributed by atoms with Crippen LogP contribution in [0.25, 0.3) is 0 Å². The predicted molar refractivity (Wildman–Crippen MR) is 80.8 cm³/mol. The highest BCUT2D eigenvalue weighted by Crippen LogP contribution is 2.24. The van der Waals surface area contributed by atoms with Gasteiger partial charge in [0, 0.05) is 13.1 Å². The molecule has 0 aromatic carbocycles. The maximum absolute atomic E-state index is 11.9. The number of anilines is 2. The highest BCUT2D eigenvalue weighted by molar-refractivity contribution is 7.18. The lowest BCUT2D eigenvalue weighted by Gasteiger charge is -2.04. The number of amides is 1. The fraction of sp³-hybridized carbons (Fsp3) is 0.667. The van der Waals surface area contributed by atoms with E-state index in [-0.39, 0.29) is 5.91 Å². The third-order valence-corrected chi connectivity index (χ3v) is 3.48. The number of thiazole rings is 1. The Bertz CT molecular complexity index is 393. The van der Waals surface area contributed by atoms with Gasteiger partial charge in [-0.25, -0.2) is 4.98 Å². The Balaban J connectivity index is 2.41. The number of nitrogens with two attached hydrogens (primary N) is 1. The Morgan fingerprint density at radius 3 is 2.79 bits per heavy atom. The molecule has 0 atom stereocenters. The first-order valence-electron chi connectivity index (χ1n) is 6.68. The number of rotatable bonds is 9. The summed E-state index contributed by atoms with van der Waals surface area (Å²) in [5.41, 5.74) is 5.75. The summed E-state index contributed by atoms with van der Waals surface area (Å²) in [5, 5.41) is 9.89. The van der Waals surface area contributed by atoms with E-state index in [4.69, 9.17) is 5.73 Å². The van der Waals surface area contributed by atoms with Crippen LogP contribution in [0.1, 0.15) is 36.4 Å². The maximum atomic E-state index is 11.9. The summed E-state index contributed by atoms with van der Waals surface area (Å²) >= 11 is 1.30. The van der Waals surface area contributed by atoms with Crippen LogP contribution in [-0.4, -0.2) is 37.1 Å². The van der Waals surface area contributed by atoms with E-state index < -0.39 is 0 Å². The van der Waals surface area contributed by atoms with Crippen molar-refractivity contribution >= 4 is 28.2 Å². The quantitative estimate of drug-likeness (QED) is 0.513. The van der Waals surface area contributed by atoms with E-state index >= 15 is 0 Å². The summed E-state index contributed by atoms with van der Waals surface area (Å²) in [5.74, 6) is 0.156. The number of hydrogen-bond donors (Lipinski definition) is 4. The van der Waals surface area contributed by atoms with Crippen molar-refractivity contribution in [2.24, 2.45) is 0 Å². The Labute approximate surface area is 118 Å². The number of nitrogens with zero attached hydrogens (tertiary/aromatic N) is 1. The number of nitrogens with one attached hydrogen (secondary N) is 3. The Kier molecular flexibility index (Phi) is 7.20. The lowest BCUT2D eigenvalue weighted by Crippen LogP contribution is -2.27. The zero-order chi connectivity index (χ0) is 14.1. The first kappa shape index (κ1) is 15.7. The highest BCUT2D eigenvalue weighted by atomic mass is 32.1. The Morgan fingerprint density at radius 1 is 1.32 bits per heavy atom. The molecule has 108 valence electrons. The molecule has 1 rings (SSSR count). The van der Waals surface area contributed by atoms with Gasteiger partial charge in [-0.3, -0.25) is 4.79 Å². The molecular weight excluding hydrogens is 262 g/mol. The van der Waals surface area contributed by atoms with Crippen LogP contribution in [0.4, 0.5) is 10.9 Å². The number of nitrogen functional groups attached to an aromatic ring is 1. The molecular formula is C12H23N5OS. The van der Waals surface area contributed by atoms with Crippen molar-refractivity contribution in [3.63, 3.8) is 0 Å². The van der Waals surface area contributed by atoms with Crippen LogP contribution >= 0.6 is 11.3 Å². The molecule has 0 radical (unpaired) electrons. The van der Waals surface area contributed by atoms with Crippen molar-refractivity contribution in [2.75, 3.05) is 37.2 Å². The molecule has 1 amide bonds. The summed E-state index contributed by atoms with van der Waals surface area (Å²) in [4.78, 5) is 16.5. The third-order valence-electron chi connectivity index (χ3n) is 2.45. The summed E-state index contributed by atoms with van der Waals surface area (Å²) in [7, 11) is 0. The zero-order valence-electron chi connectivity index (χ0n) is 11.6. The van der Waals surface area contributed by atoms with Crippen LogP contribution in [0.15, 0.2) is 0 Å². The smallest absolute Gasteiger partial charge is 0.265 e. The summed E-state index contributed by atoms with van der Waals surface area (Å²) in [6.45, 7) is 7.45. The van der Waals surface area contributed by atoms with Crippen molar-refractivity contribution in [2.45, 2.75) is 26.7 Å². The van der Waals surface area contributed by atoms with Crippen molar-refractivity contribution < 1.29 is 4.79 Å². The van der Waals surface area contributed by atoms with E-state index in [0.29, 0.717) is 22.4 Å². The van der Waals surface area contributed by atoms with Crippen molar-refractivity contribution in [3.8, 4) is 0 Å². The molecule has 0 saturated carbocycles. The Hall–Kier alpha value is -1.34. The molecule has 5 N–H and O–H groups in total. The average Bonchev–Trinajstić information content (AvgIpc) is 2.77. The van der Waals surface area contributed by atoms with Gasteiger partial charge in [-0.2, -0.15) is 0 Å². The van der Waals surface area contributed by atoms with Crippen LogP contribution in [0.2, 0.25) is 0 Å². The molecule has 19 heavy (non-hydrogen) atoms. The van der Waals surface area contributed by atoms with Crippen LogP contribution in [0.3, 0.4) is 0 Å². The minimum Gasteiger partial charge on any atom is -0.382 e. The van der Waals surface area contributed by atoms with Gasteiger partial charge in [0.25, 0.3) is 5.91 Å². The van der Waals surface area contributed by atoms with E-state index in [0.717, 1.165) is 32.5 Å². The predicted octanol–water partition coefficient (Wildman–Crippen LogP) is 1.28. The molecule has 1 aromatic heterocycles. The minimum atomic E-state index is -0.143. The van der Waals surface area contributed by atoms with Crippen LogP contribution in [0, 0.1) is 0 Å². The molecule has 0 aliphatic rings. The maximum Gasteiger partial charge on any atom is 0.265 e. The Morgan fingerprint density at radius 2 is 2.11 bits per heavy atom. The van der Waals surface area contributed by atoms with Crippen molar-refractivity contribution in [1.82, 2.24) is 15.6 Å². The molecule has 0 aliphatic heterocycles. The van der Waals surface area contributed by atoms with Gasteiger partial charge in [0.15, 0.2) is 5.13 Å². The van der Waals surface area contributed by atoms with Gasteiger partial charge in [-0.1, -0.05) is 25.2 Å². The molecule has 0 saturated heterocycles. The lowest BCUT2D eigenvalue weighted by atomic mass is 10.4. The van der Waals surface area contributed by atoms with Gasteiger partial charge in [-0.05, 0) is 25.9 Å². The number of hydrogen-bond acceptors (Lipinski definition) is 6. The van der Waals surface area contributed by atoms with Crippen molar-refractivity contribution in [1.29, 1.82) is 0 Å². The first-order chi connectivity index (χ1) is 9.19. The van der Waals surface area contributed by atoms with E-state index in [1.54, 1.807) is 0 Å². The number of carbonyl (C=O) groups is 1. The van der Waals surface area contributed by atoms with Crippen LogP contribution in [-0.2, 0) is 0 Å². The molecule has 0 aliphatic carbocycles. The minimum absolute atomic E-state index is 0.143. The molecule has 1 aromatic rings. The zero-order valence-corrected chi connectivity index (χ0v) is 12.4. The average molecular weight is 285 g/mol. The lowest BCUT2D eigenvalue weighted by molar-refractivity contribution is 0.0958. The van der Waals surface area contributed by atoms with Gasteiger partial charge in [0.1, 0.15) is 10.7 Å². The normalized spacial score (nSPS) is 10.4. The fourth-order valence-corrected chi connectivity index (χ4v) is 2.30. The topological polar surface area (TPSA) is 92.1 Å². The van der Waals surface area contributed by atoms with Gasteiger partial charge >= 0.3 is 0 Å². The second kappa shape index (κ2) is 8.71. The fourth-order valence-electron chi connectivity index (χ4n) is 1.47. The number of aromatic nitrogens is 1. The van der Waals surface area contributed by atoms with Crippen LogP contribution in [0.5, 0.6) is 0 Å². The molecule has 0 fully saturated rings. The molecule has 7 heteroatoms. The highest BCUT2D eigenvalue weighted by Gasteiger charge is 2.15. The second-order valence-corrected chi connectivity index (χ2v) is 5.12. The second-order valence-electron chi connectivity index (χ2n) is 4.12. The van der Waals surface area contributed by atoms with E-state index in [1.807, 2.05) is 0 Å². The molecule has 0 spiro atoms. The van der Waals surface area contributed by atoms with Gasteiger partial charge in [-0.15, -0.1) is 0 Å². The molecule has 0 unspecified atom stereocenters. The van der Waals surface area contributed by atoms with Crippen molar-refractivity contribution in [3.05, 3.63) is 4.88 Å². The van der Waals surface area contributed by atoms with Gasteiger partial charge in [0.2, 0.25) is 0 Å². The monoisotopic (exact) mass is 285 g/mol. The number of carbonyl (C=O) groups excluding carboxylic acids is 1. The SMILES string of the molecule is CCCNc1nc(N)c(C(=O)NCCCNCC)s1. The third kappa shape index (κ3) is 5.44. The first-order valence-corrected chi connectivity index (χ1v) is 7.49. The molecule has 0 bridgehead atoms.